The van der Waals surface area contributed by atoms with E-state index in [9.17, 15) is 10.1 Å². The van der Waals surface area contributed by atoms with E-state index in [-0.39, 0.29) is 11.7 Å². The molecule has 3 N–H and O–H groups in total. The highest BCUT2D eigenvalue weighted by Crippen LogP contribution is 2.13. The summed E-state index contributed by atoms with van der Waals surface area (Å²) in [6.45, 7) is 1.82. The zero-order valence-corrected chi connectivity index (χ0v) is 8.43. The highest BCUT2D eigenvalue weighted by molar-refractivity contribution is 5.98. The van der Waals surface area contributed by atoms with Crippen LogP contribution >= 0.6 is 0 Å². The summed E-state index contributed by atoms with van der Waals surface area (Å²) in [4.78, 5) is 9.93. The molecule has 1 rings (SSSR count). The van der Waals surface area contributed by atoms with Crippen molar-refractivity contribution in [2.45, 2.75) is 19.4 Å². The van der Waals surface area contributed by atoms with Crippen molar-refractivity contribution in [3.05, 3.63) is 39.9 Å². The fraction of sp³-hybridized carbons (Fsp3) is 0.300. The van der Waals surface area contributed by atoms with Crippen LogP contribution in [0.3, 0.4) is 0 Å². The highest BCUT2D eigenvalue weighted by atomic mass is 16.6. The van der Waals surface area contributed by atoms with E-state index in [2.05, 4.69) is 0 Å². The van der Waals surface area contributed by atoms with E-state index in [1.807, 2.05) is 6.92 Å². The molecule has 5 nitrogen and oxygen atoms in total. The Bertz CT molecular complexity index is 371. The molecule has 1 unspecified atom stereocenters. The van der Waals surface area contributed by atoms with E-state index in [0.717, 1.165) is 0 Å². The minimum atomic E-state index is -0.459. The predicted octanol–water partition coefficient (Wildman–Crippen LogP) is 1.70. The molecule has 1 aromatic carbocycles. The Balaban J connectivity index is 2.80. The second-order valence-electron chi connectivity index (χ2n) is 3.46. The molecule has 0 radical (unpaired) electrons. The van der Waals surface area contributed by atoms with Crippen LogP contribution in [0, 0.1) is 15.5 Å². The average Bonchev–Trinajstić information content (AvgIpc) is 2.17. The molecule has 0 aliphatic rings. The van der Waals surface area contributed by atoms with Crippen molar-refractivity contribution in [3.8, 4) is 0 Å². The summed E-state index contributed by atoms with van der Waals surface area (Å²) in [5.41, 5.74) is 6.68. The van der Waals surface area contributed by atoms with E-state index in [0.29, 0.717) is 17.7 Å². The fourth-order valence-electron chi connectivity index (χ4n) is 1.22. The number of nitrogens with one attached hydrogen (secondary N) is 1. The summed E-state index contributed by atoms with van der Waals surface area (Å²) >= 11 is 0. The van der Waals surface area contributed by atoms with Gasteiger partial charge in [-0.1, -0.05) is 0 Å². The minimum absolute atomic E-state index is 0.0346. The van der Waals surface area contributed by atoms with E-state index in [1.165, 1.54) is 12.1 Å². The first-order chi connectivity index (χ1) is 7.00. The standard InChI is InChI=1S/C10H13N3O2/c1-7(11)6-10(12)8-2-4-9(5-3-8)13(14)15/h2-5,7,12H,6,11H2,1H3. The Morgan fingerprint density at radius 2 is 2.07 bits per heavy atom. The summed E-state index contributed by atoms with van der Waals surface area (Å²) in [7, 11) is 0. The molecule has 0 saturated carbocycles. The third kappa shape index (κ3) is 3.14. The summed E-state index contributed by atoms with van der Waals surface area (Å²) < 4.78 is 0. The third-order valence-corrected chi connectivity index (χ3v) is 1.95. The Morgan fingerprint density at radius 1 is 1.53 bits per heavy atom. The number of nitrogens with two attached hydrogens (primary N) is 1. The van der Waals surface area contributed by atoms with Crippen molar-refractivity contribution in [2.75, 3.05) is 0 Å². The fourth-order valence-corrected chi connectivity index (χ4v) is 1.22. The van der Waals surface area contributed by atoms with Crippen LogP contribution in [-0.2, 0) is 0 Å². The van der Waals surface area contributed by atoms with Gasteiger partial charge < -0.3 is 11.1 Å². The molecule has 0 aliphatic heterocycles. The molecule has 1 atom stereocenters. The van der Waals surface area contributed by atoms with Crippen LogP contribution in [0.25, 0.3) is 0 Å². The second-order valence-corrected chi connectivity index (χ2v) is 3.46. The summed E-state index contributed by atoms with van der Waals surface area (Å²) in [5.74, 6) is 0. The first-order valence-electron chi connectivity index (χ1n) is 4.58. The molecule has 0 spiro atoms. The molecule has 0 saturated heterocycles. The highest BCUT2D eigenvalue weighted by Gasteiger charge is 2.07. The van der Waals surface area contributed by atoms with E-state index >= 15 is 0 Å². The number of nitro benzene ring substituents is 1. The topological polar surface area (TPSA) is 93.0 Å². The van der Waals surface area contributed by atoms with Gasteiger partial charge in [-0.2, -0.15) is 0 Å². The lowest BCUT2D eigenvalue weighted by atomic mass is 10.0. The predicted molar refractivity (Wildman–Crippen MR) is 58.2 cm³/mol. The van der Waals surface area contributed by atoms with Crippen molar-refractivity contribution in [3.63, 3.8) is 0 Å². The van der Waals surface area contributed by atoms with Crippen LogP contribution in [0.4, 0.5) is 5.69 Å². The van der Waals surface area contributed by atoms with Gasteiger partial charge >= 0.3 is 0 Å². The largest absolute Gasteiger partial charge is 0.328 e. The van der Waals surface area contributed by atoms with E-state index in [4.69, 9.17) is 11.1 Å². The van der Waals surface area contributed by atoms with Gasteiger partial charge in [0.05, 0.1) is 4.92 Å². The van der Waals surface area contributed by atoms with Gasteiger partial charge in [-0.15, -0.1) is 0 Å². The van der Waals surface area contributed by atoms with Crippen LogP contribution in [0.15, 0.2) is 24.3 Å². The van der Waals surface area contributed by atoms with Gasteiger partial charge in [0, 0.05) is 30.3 Å². The van der Waals surface area contributed by atoms with Gasteiger partial charge in [-0.25, -0.2) is 0 Å². The molecule has 5 heteroatoms. The minimum Gasteiger partial charge on any atom is -0.328 e. The molecular weight excluding hydrogens is 194 g/mol. The Kier molecular flexibility index (Phi) is 3.51. The molecule has 0 aliphatic carbocycles. The quantitative estimate of drug-likeness (QED) is 0.447. The van der Waals surface area contributed by atoms with Crippen LogP contribution in [-0.4, -0.2) is 16.7 Å². The summed E-state index contributed by atoms with van der Waals surface area (Å²) in [6.07, 6.45) is 0.470. The number of benzene rings is 1. The van der Waals surface area contributed by atoms with Crippen molar-refractivity contribution in [1.82, 2.24) is 0 Å². The van der Waals surface area contributed by atoms with Crippen LogP contribution in [0.1, 0.15) is 18.9 Å². The monoisotopic (exact) mass is 207 g/mol. The molecule has 15 heavy (non-hydrogen) atoms. The van der Waals surface area contributed by atoms with Crippen LogP contribution in [0.2, 0.25) is 0 Å². The van der Waals surface area contributed by atoms with Gasteiger partial charge in [0.2, 0.25) is 0 Å². The molecule has 0 bridgehead atoms. The maximum absolute atomic E-state index is 10.4. The second kappa shape index (κ2) is 4.65. The molecule has 80 valence electrons. The smallest absolute Gasteiger partial charge is 0.269 e. The Morgan fingerprint density at radius 3 is 2.47 bits per heavy atom. The normalized spacial score (nSPS) is 12.1. The molecule has 0 aromatic heterocycles. The van der Waals surface area contributed by atoms with E-state index < -0.39 is 4.92 Å². The number of rotatable bonds is 4. The van der Waals surface area contributed by atoms with Gasteiger partial charge in [-0.3, -0.25) is 10.1 Å². The van der Waals surface area contributed by atoms with Crippen molar-refractivity contribution in [1.29, 1.82) is 5.41 Å². The molecule has 0 heterocycles. The lowest BCUT2D eigenvalue weighted by Gasteiger charge is -2.06. The maximum Gasteiger partial charge on any atom is 0.269 e. The zero-order chi connectivity index (χ0) is 11.4. The Labute approximate surface area is 87.6 Å². The van der Waals surface area contributed by atoms with Gasteiger partial charge in [0.15, 0.2) is 0 Å². The SMILES string of the molecule is CC(N)CC(=N)c1ccc([N+](=O)[O-])cc1. The zero-order valence-electron chi connectivity index (χ0n) is 8.43. The van der Waals surface area contributed by atoms with Gasteiger partial charge in [-0.05, 0) is 24.6 Å². The van der Waals surface area contributed by atoms with Gasteiger partial charge in [0.25, 0.3) is 5.69 Å². The van der Waals surface area contributed by atoms with Crippen molar-refractivity contribution in [2.24, 2.45) is 5.73 Å². The maximum atomic E-state index is 10.4. The first kappa shape index (κ1) is 11.3. The molecule has 0 fully saturated rings. The number of hydrogen-bond acceptors (Lipinski definition) is 4. The lowest BCUT2D eigenvalue weighted by Crippen LogP contribution is -2.19. The Hall–Kier alpha value is -1.75. The lowest BCUT2D eigenvalue weighted by molar-refractivity contribution is -0.384. The first-order valence-corrected chi connectivity index (χ1v) is 4.58. The van der Waals surface area contributed by atoms with Crippen molar-refractivity contribution < 1.29 is 4.92 Å². The number of nitro groups is 1. The molecular formula is C10H13N3O2. The van der Waals surface area contributed by atoms with Gasteiger partial charge in [0.1, 0.15) is 0 Å². The number of hydrogen-bond donors (Lipinski definition) is 2. The van der Waals surface area contributed by atoms with Crippen molar-refractivity contribution >= 4 is 11.4 Å². The number of nitrogens with zero attached hydrogens (tertiary/aromatic N) is 1. The average molecular weight is 207 g/mol. The summed E-state index contributed by atoms with van der Waals surface area (Å²) in [5, 5.41) is 18.1. The number of non-ortho nitro benzene ring substituents is 1. The van der Waals surface area contributed by atoms with Crippen LogP contribution in [0.5, 0.6) is 0 Å². The van der Waals surface area contributed by atoms with E-state index in [1.54, 1.807) is 12.1 Å². The third-order valence-electron chi connectivity index (χ3n) is 1.95. The molecule has 1 aromatic rings. The molecule has 0 amide bonds. The van der Waals surface area contributed by atoms with Crippen LogP contribution < -0.4 is 5.73 Å². The summed E-state index contributed by atoms with van der Waals surface area (Å²) in [6, 6.07) is 5.86.